The van der Waals surface area contributed by atoms with Crippen LogP contribution in [0.4, 0.5) is 5.69 Å². The normalized spacial score (nSPS) is 15.5. The Morgan fingerprint density at radius 2 is 1.67 bits per heavy atom. The molecule has 4 rings (SSSR count). The topological polar surface area (TPSA) is 97.2 Å². The first-order valence-corrected chi connectivity index (χ1v) is 11.4. The molecular weight excluding hydrogens is 402 g/mol. The molecule has 2 heterocycles. The Bertz CT molecular complexity index is 1120. The van der Waals surface area contributed by atoms with Crippen LogP contribution >= 0.6 is 0 Å². The molecule has 2 aromatic carbocycles. The lowest BCUT2D eigenvalue weighted by molar-refractivity contribution is 0.102. The summed E-state index contributed by atoms with van der Waals surface area (Å²) >= 11 is 0. The molecule has 30 heavy (non-hydrogen) atoms. The van der Waals surface area contributed by atoms with Crippen molar-refractivity contribution in [2.45, 2.75) is 30.6 Å². The number of nitrogens with one attached hydrogen (secondary N) is 1. The average Bonchev–Trinajstić information content (AvgIpc) is 3.10. The largest absolute Gasteiger partial charge is 0.321 e. The minimum Gasteiger partial charge on any atom is -0.321 e. The summed E-state index contributed by atoms with van der Waals surface area (Å²) in [5, 5.41) is 11.0. The summed E-state index contributed by atoms with van der Waals surface area (Å²) in [6.07, 6.45) is 5.21. The molecule has 9 heteroatoms. The summed E-state index contributed by atoms with van der Waals surface area (Å²) in [5.41, 5.74) is 1.27. The van der Waals surface area contributed by atoms with Gasteiger partial charge in [-0.2, -0.15) is 14.2 Å². The van der Waals surface area contributed by atoms with Crippen molar-refractivity contribution >= 4 is 21.6 Å². The van der Waals surface area contributed by atoms with Gasteiger partial charge in [0, 0.05) is 18.8 Å². The Morgan fingerprint density at radius 1 is 0.933 bits per heavy atom. The van der Waals surface area contributed by atoms with Crippen LogP contribution < -0.4 is 5.32 Å². The van der Waals surface area contributed by atoms with Crippen molar-refractivity contribution in [3.05, 3.63) is 66.5 Å². The second-order valence-electron chi connectivity index (χ2n) is 7.16. The molecule has 1 aliphatic rings. The van der Waals surface area contributed by atoms with Crippen molar-refractivity contribution in [2.75, 3.05) is 18.4 Å². The zero-order valence-electron chi connectivity index (χ0n) is 16.4. The molecule has 156 valence electrons. The van der Waals surface area contributed by atoms with Crippen molar-refractivity contribution in [3.63, 3.8) is 0 Å². The second kappa shape index (κ2) is 8.76. The molecular formula is C21H23N5O3S. The van der Waals surface area contributed by atoms with Crippen LogP contribution in [0.5, 0.6) is 0 Å². The SMILES string of the molecule is O=C(Nc1cccc(S(=O)(=O)N2CCCCCC2)c1)c1cnn(-c2ccccc2)n1. The number of rotatable bonds is 5. The number of hydrogen-bond acceptors (Lipinski definition) is 5. The zero-order valence-corrected chi connectivity index (χ0v) is 17.3. The van der Waals surface area contributed by atoms with Crippen molar-refractivity contribution in [1.29, 1.82) is 0 Å². The zero-order chi connectivity index (χ0) is 21.0. The summed E-state index contributed by atoms with van der Waals surface area (Å²) in [4.78, 5) is 14.1. The summed E-state index contributed by atoms with van der Waals surface area (Å²) in [5.74, 6) is -0.457. The standard InChI is InChI=1S/C21H23N5O3S/c27-21(20-16-22-26(24-20)18-10-4-3-5-11-18)23-17-9-8-12-19(15-17)30(28,29)25-13-6-1-2-7-14-25/h3-5,8-12,15-16H,1-2,6-7,13-14H2,(H,23,27). The Kier molecular flexibility index (Phi) is 5.91. The number of para-hydroxylation sites is 1. The number of nitrogens with zero attached hydrogens (tertiary/aromatic N) is 4. The number of anilines is 1. The van der Waals surface area contributed by atoms with Gasteiger partial charge in [-0.05, 0) is 43.2 Å². The Labute approximate surface area is 175 Å². The van der Waals surface area contributed by atoms with Crippen LogP contribution in [0, 0.1) is 0 Å². The first kappa shape index (κ1) is 20.2. The van der Waals surface area contributed by atoms with E-state index >= 15 is 0 Å². The highest BCUT2D eigenvalue weighted by molar-refractivity contribution is 7.89. The summed E-state index contributed by atoms with van der Waals surface area (Å²) in [6.45, 7) is 1.06. The van der Waals surface area contributed by atoms with Gasteiger partial charge < -0.3 is 5.32 Å². The highest BCUT2D eigenvalue weighted by Gasteiger charge is 2.25. The predicted octanol–water partition coefficient (Wildman–Crippen LogP) is 3.08. The van der Waals surface area contributed by atoms with Crippen LogP contribution in [0.15, 0.2) is 65.7 Å². The van der Waals surface area contributed by atoms with E-state index in [1.54, 1.807) is 18.2 Å². The van der Waals surface area contributed by atoms with Gasteiger partial charge in [-0.25, -0.2) is 8.42 Å². The van der Waals surface area contributed by atoms with Gasteiger partial charge in [-0.15, -0.1) is 5.10 Å². The van der Waals surface area contributed by atoms with Crippen LogP contribution in [0.3, 0.4) is 0 Å². The molecule has 1 saturated heterocycles. The minimum atomic E-state index is -3.59. The Hall–Kier alpha value is -3.04. The van der Waals surface area contributed by atoms with Gasteiger partial charge >= 0.3 is 0 Å². The van der Waals surface area contributed by atoms with Crippen LogP contribution in [0.1, 0.15) is 36.2 Å². The van der Waals surface area contributed by atoms with Gasteiger partial charge in [0.1, 0.15) is 0 Å². The average molecular weight is 426 g/mol. The van der Waals surface area contributed by atoms with Crippen LogP contribution in [0.25, 0.3) is 5.69 Å². The lowest BCUT2D eigenvalue weighted by atomic mass is 10.2. The minimum absolute atomic E-state index is 0.139. The van der Waals surface area contributed by atoms with E-state index < -0.39 is 15.9 Å². The van der Waals surface area contributed by atoms with Gasteiger partial charge in [-0.3, -0.25) is 4.79 Å². The smallest absolute Gasteiger partial charge is 0.277 e. The molecule has 1 aliphatic heterocycles. The third-order valence-corrected chi connectivity index (χ3v) is 6.90. The maximum Gasteiger partial charge on any atom is 0.277 e. The van der Waals surface area contributed by atoms with E-state index in [1.807, 2.05) is 30.3 Å². The van der Waals surface area contributed by atoms with E-state index in [1.165, 1.54) is 21.4 Å². The number of carbonyl (C=O) groups excluding carboxylic acids is 1. The number of aromatic nitrogens is 3. The Balaban J connectivity index is 1.50. The number of carbonyl (C=O) groups is 1. The predicted molar refractivity (Wildman–Crippen MR) is 113 cm³/mol. The quantitative estimate of drug-likeness (QED) is 0.678. The molecule has 1 fully saturated rings. The fraction of sp³-hybridized carbons (Fsp3) is 0.286. The maximum atomic E-state index is 13.0. The molecule has 0 saturated carbocycles. The highest BCUT2D eigenvalue weighted by Crippen LogP contribution is 2.23. The highest BCUT2D eigenvalue weighted by atomic mass is 32.2. The van der Waals surface area contributed by atoms with E-state index in [9.17, 15) is 13.2 Å². The van der Waals surface area contributed by atoms with Crippen molar-refractivity contribution in [2.24, 2.45) is 0 Å². The maximum absolute atomic E-state index is 13.0. The molecule has 0 spiro atoms. The van der Waals surface area contributed by atoms with E-state index in [-0.39, 0.29) is 10.6 Å². The number of benzene rings is 2. The van der Waals surface area contributed by atoms with Gasteiger partial charge in [0.05, 0.1) is 16.8 Å². The molecule has 3 aromatic rings. The van der Waals surface area contributed by atoms with E-state index in [0.29, 0.717) is 18.8 Å². The van der Waals surface area contributed by atoms with Gasteiger partial charge in [0.15, 0.2) is 5.69 Å². The first-order valence-electron chi connectivity index (χ1n) is 9.93. The first-order chi connectivity index (χ1) is 14.5. The molecule has 1 aromatic heterocycles. The van der Waals surface area contributed by atoms with Gasteiger partial charge in [-0.1, -0.05) is 37.1 Å². The third-order valence-electron chi connectivity index (χ3n) is 5.01. The van der Waals surface area contributed by atoms with Crippen LogP contribution in [0.2, 0.25) is 0 Å². The van der Waals surface area contributed by atoms with Crippen LogP contribution in [-0.2, 0) is 10.0 Å². The molecule has 8 nitrogen and oxygen atoms in total. The monoisotopic (exact) mass is 425 g/mol. The molecule has 1 amide bonds. The fourth-order valence-corrected chi connectivity index (χ4v) is 4.98. The third kappa shape index (κ3) is 4.42. The van der Waals surface area contributed by atoms with Crippen molar-refractivity contribution in [3.8, 4) is 5.69 Å². The molecule has 1 N–H and O–H groups in total. The molecule has 0 unspecified atom stereocenters. The fourth-order valence-electron chi connectivity index (χ4n) is 3.41. The van der Waals surface area contributed by atoms with Crippen molar-refractivity contribution < 1.29 is 13.2 Å². The number of hydrogen-bond donors (Lipinski definition) is 1. The summed E-state index contributed by atoms with van der Waals surface area (Å²) < 4.78 is 27.5. The lowest BCUT2D eigenvalue weighted by Crippen LogP contribution is -2.32. The molecule has 0 radical (unpaired) electrons. The van der Waals surface area contributed by atoms with Crippen LogP contribution in [-0.4, -0.2) is 46.7 Å². The van der Waals surface area contributed by atoms with Crippen molar-refractivity contribution in [1.82, 2.24) is 19.3 Å². The number of amides is 1. The molecule has 0 atom stereocenters. The van der Waals surface area contributed by atoms with E-state index in [4.69, 9.17) is 0 Å². The molecule has 0 bridgehead atoms. The summed E-state index contributed by atoms with van der Waals surface area (Å²) in [7, 11) is -3.59. The number of sulfonamides is 1. The van der Waals surface area contributed by atoms with Gasteiger partial charge in [0.25, 0.3) is 5.91 Å². The van der Waals surface area contributed by atoms with E-state index in [0.717, 1.165) is 31.4 Å². The molecule has 0 aliphatic carbocycles. The lowest BCUT2D eigenvalue weighted by Gasteiger charge is -2.20. The Morgan fingerprint density at radius 3 is 2.40 bits per heavy atom. The second-order valence-corrected chi connectivity index (χ2v) is 9.09. The van der Waals surface area contributed by atoms with Gasteiger partial charge in [0.2, 0.25) is 10.0 Å². The van der Waals surface area contributed by atoms with E-state index in [2.05, 4.69) is 15.5 Å². The summed E-state index contributed by atoms with van der Waals surface area (Å²) in [6, 6.07) is 15.6.